The highest BCUT2D eigenvalue weighted by molar-refractivity contribution is 9.10. The van der Waals surface area contributed by atoms with Gasteiger partial charge in [-0.3, -0.25) is 9.78 Å². The van der Waals surface area contributed by atoms with Gasteiger partial charge in [0.15, 0.2) is 0 Å². The predicted molar refractivity (Wildman–Crippen MR) is 88.3 cm³/mol. The molecule has 1 aliphatic rings. The zero-order valence-electron chi connectivity index (χ0n) is 12.8. The Balaban J connectivity index is 1.69. The highest BCUT2D eigenvalue weighted by atomic mass is 79.9. The van der Waals surface area contributed by atoms with Gasteiger partial charge in [0.2, 0.25) is 0 Å². The van der Waals surface area contributed by atoms with Crippen LogP contribution in [0.4, 0.5) is 0 Å². The molecule has 1 fully saturated rings. The van der Waals surface area contributed by atoms with Crippen molar-refractivity contribution in [2.45, 2.75) is 26.7 Å². The summed E-state index contributed by atoms with van der Waals surface area (Å²) in [7, 11) is 0. The molecule has 0 bridgehead atoms. The number of nitrogens with one attached hydrogen (secondary N) is 1. The standard InChI is InChI=1S/C16H24BrN3O/c1-12-6-13(2)11-20(10-12)5-3-4-19-16(21)14-7-15(17)9-18-8-14/h7-9,12-13H,3-6,10-11H2,1-2H3,(H,19,21)/t12-,13+. The minimum absolute atomic E-state index is 0.0517. The summed E-state index contributed by atoms with van der Waals surface area (Å²) in [6.07, 6.45) is 5.60. The predicted octanol–water partition coefficient (Wildman–Crippen LogP) is 2.94. The van der Waals surface area contributed by atoms with Crippen molar-refractivity contribution in [2.75, 3.05) is 26.2 Å². The number of pyridine rings is 1. The second kappa shape index (κ2) is 7.90. The van der Waals surface area contributed by atoms with Crippen molar-refractivity contribution in [3.8, 4) is 0 Å². The lowest BCUT2D eigenvalue weighted by atomic mass is 9.92. The molecule has 116 valence electrons. The van der Waals surface area contributed by atoms with E-state index in [4.69, 9.17) is 0 Å². The van der Waals surface area contributed by atoms with Gasteiger partial charge in [0, 0.05) is 36.5 Å². The number of hydrogen-bond donors (Lipinski definition) is 1. The molecule has 1 aliphatic heterocycles. The van der Waals surface area contributed by atoms with E-state index >= 15 is 0 Å². The number of halogens is 1. The molecule has 1 aromatic heterocycles. The first-order valence-electron chi connectivity index (χ1n) is 7.65. The van der Waals surface area contributed by atoms with Gasteiger partial charge in [0.25, 0.3) is 5.91 Å². The van der Waals surface area contributed by atoms with E-state index in [2.05, 4.69) is 45.0 Å². The van der Waals surface area contributed by atoms with Crippen LogP contribution >= 0.6 is 15.9 Å². The van der Waals surface area contributed by atoms with Crippen molar-refractivity contribution in [2.24, 2.45) is 11.8 Å². The van der Waals surface area contributed by atoms with Crippen LogP contribution in [0.25, 0.3) is 0 Å². The highest BCUT2D eigenvalue weighted by Gasteiger charge is 2.21. The van der Waals surface area contributed by atoms with Gasteiger partial charge in [0.05, 0.1) is 5.56 Å². The summed E-state index contributed by atoms with van der Waals surface area (Å²) >= 11 is 3.33. The maximum Gasteiger partial charge on any atom is 0.252 e. The van der Waals surface area contributed by atoms with Gasteiger partial charge in [-0.1, -0.05) is 13.8 Å². The molecule has 0 saturated carbocycles. The fourth-order valence-corrected chi connectivity index (χ4v) is 3.48. The maximum atomic E-state index is 12.0. The highest BCUT2D eigenvalue weighted by Crippen LogP contribution is 2.20. The molecule has 2 atom stereocenters. The fourth-order valence-electron chi connectivity index (χ4n) is 3.12. The Bertz CT molecular complexity index is 470. The number of amides is 1. The summed E-state index contributed by atoms with van der Waals surface area (Å²) in [6.45, 7) is 8.80. The van der Waals surface area contributed by atoms with Crippen molar-refractivity contribution < 1.29 is 4.79 Å². The first-order valence-corrected chi connectivity index (χ1v) is 8.45. The van der Waals surface area contributed by atoms with Crippen LogP contribution in [0, 0.1) is 11.8 Å². The zero-order chi connectivity index (χ0) is 15.2. The van der Waals surface area contributed by atoms with Crippen LogP contribution in [0.2, 0.25) is 0 Å². The number of piperidine rings is 1. The van der Waals surface area contributed by atoms with Crippen molar-refractivity contribution in [1.82, 2.24) is 15.2 Å². The first-order chi connectivity index (χ1) is 10.0. The molecule has 1 amide bonds. The van der Waals surface area contributed by atoms with Crippen LogP contribution in [0.15, 0.2) is 22.9 Å². The van der Waals surface area contributed by atoms with E-state index in [-0.39, 0.29) is 5.91 Å². The molecule has 21 heavy (non-hydrogen) atoms. The van der Waals surface area contributed by atoms with E-state index in [1.165, 1.54) is 19.5 Å². The molecular formula is C16H24BrN3O. The number of carbonyl (C=O) groups excluding carboxylic acids is 1. The SMILES string of the molecule is C[C@@H]1C[C@H](C)CN(CCCNC(=O)c2cncc(Br)c2)C1. The molecule has 0 aromatic carbocycles. The monoisotopic (exact) mass is 353 g/mol. The molecule has 2 rings (SSSR count). The van der Waals surface area contributed by atoms with Crippen LogP contribution in [-0.2, 0) is 0 Å². The Labute approximate surface area is 135 Å². The van der Waals surface area contributed by atoms with E-state index in [0.29, 0.717) is 12.1 Å². The second-order valence-electron chi connectivity index (χ2n) is 6.21. The fraction of sp³-hybridized carbons (Fsp3) is 0.625. The minimum Gasteiger partial charge on any atom is -0.352 e. The largest absolute Gasteiger partial charge is 0.352 e. The summed E-state index contributed by atoms with van der Waals surface area (Å²) in [5, 5.41) is 2.96. The Morgan fingerprint density at radius 2 is 2.10 bits per heavy atom. The summed E-state index contributed by atoms with van der Waals surface area (Å²) in [4.78, 5) is 18.5. The lowest BCUT2D eigenvalue weighted by Crippen LogP contribution is -2.40. The van der Waals surface area contributed by atoms with Crippen LogP contribution in [0.3, 0.4) is 0 Å². The first kappa shape index (κ1) is 16.4. The molecule has 0 spiro atoms. The van der Waals surface area contributed by atoms with Crippen molar-refractivity contribution in [3.63, 3.8) is 0 Å². The van der Waals surface area contributed by atoms with Gasteiger partial charge in [-0.15, -0.1) is 0 Å². The molecule has 5 heteroatoms. The topological polar surface area (TPSA) is 45.2 Å². The van der Waals surface area contributed by atoms with Crippen molar-refractivity contribution in [3.05, 3.63) is 28.5 Å². The van der Waals surface area contributed by atoms with Crippen molar-refractivity contribution in [1.29, 1.82) is 0 Å². The number of aromatic nitrogens is 1. The van der Waals surface area contributed by atoms with Gasteiger partial charge in [-0.2, -0.15) is 0 Å². The number of hydrogen-bond acceptors (Lipinski definition) is 3. The third-order valence-electron chi connectivity index (χ3n) is 3.85. The lowest BCUT2D eigenvalue weighted by molar-refractivity contribution is 0.0947. The third-order valence-corrected chi connectivity index (χ3v) is 4.28. The summed E-state index contributed by atoms with van der Waals surface area (Å²) in [5.74, 6) is 1.52. The third kappa shape index (κ3) is 5.40. The van der Waals surface area contributed by atoms with Crippen LogP contribution in [0.1, 0.15) is 37.0 Å². The molecule has 0 unspecified atom stereocenters. The van der Waals surface area contributed by atoms with E-state index < -0.39 is 0 Å². The molecule has 0 radical (unpaired) electrons. The van der Waals surface area contributed by atoms with Gasteiger partial charge >= 0.3 is 0 Å². The quantitative estimate of drug-likeness (QED) is 0.827. The summed E-state index contributed by atoms with van der Waals surface area (Å²) < 4.78 is 0.825. The minimum atomic E-state index is -0.0517. The van der Waals surface area contributed by atoms with E-state index in [9.17, 15) is 4.79 Å². The molecule has 1 saturated heterocycles. The number of rotatable bonds is 5. The Hall–Kier alpha value is -0.940. The number of likely N-dealkylation sites (tertiary alicyclic amines) is 1. The molecule has 1 aromatic rings. The van der Waals surface area contributed by atoms with Gasteiger partial charge in [-0.25, -0.2) is 0 Å². The van der Waals surface area contributed by atoms with Gasteiger partial charge in [0.1, 0.15) is 0 Å². The second-order valence-corrected chi connectivity index (χ2v) is 7.12. The normalized spacial score (nSPS) is 23.0. The summed E-state index contributed by atoms with van der Waals surface area (Å²) in [5.41, 5.74) is 0.601. The number of carbonyl (C=O) groups is 1. The van der Waals surface area contributed by atoms with Crippen LogP contribution in [0.5, 0.6) is 0 Å². The van der Waals surface area contributed by atoms with Crippen LogP contribution < -0.4 is 5.32 Å². The van der Waals surface area contributed by atoms with E-state index in [0.717, 1.165) is 29.3 Å². The lowest BCUT2D eigenvalue weighted by Gasteiger charge is -2.34. The average Bonchev–Trinajstić information content (AvgIpc) is 2.42. The number of nitrogens with zero attached hydrogens (tertiary/aromatic N) is 2. The van der Waals surface area contributed by atoms with E-state index in [1.807, 2.05) is 0 Å². The Morgan fingerprint density at radius 1 is 1.38 bits per heavy atom. The van der Waals surface area contributed by atoms with Crippen molar-refractivity contribution >= 4 is 21.8 Å². The Morgan fingerprint density at radius 3 is 2.76 bits per heavy atom. The molecule has 0 aliphatic carbocycles. The van der Waals surface area contributed by atoms with Gasteiger partial charge in [-0.05, 0) is 53.2 Å². The smallest absolute Gasteiger partial charge is 0.252 e. The Kier molecular flexibility index (Phi) is 6.18. The molecule has 2 heterocycles. The maximum absolute atomic E-state index is 12.0. The zero-order valence-corrected chi connectivity index (χ0v) is 14.4. The summed E-state index contributed by atoms with van der Waals surface area (Å²) in [6, 6.07) is 1.79. The van der Waals surface area contributed by atoms with Crippen LogP contribution in [-0.4, -0.2) is 42.0 Å². The molecule has 1 N–H and O–H groups in total. The van der Waals surface area contributed by atoms with E-state index in [1.54, 1.807) is 18.5 Å². The molecule has 4 nitrogen and oxygen atoms in total. The average molecular weight is 354 g/mol. The molecular weight excluding hydrogens is 330 g/mol. The van der Waals surface area contributed by atoms with Gasteiger partial charge < -0.3 is 10.2 Å².